The topological polar surface area (TPSA) is 88.3 Å². The Kier molecular flexibility index (Phi) is 5.12. The first kappa shape index (κ1) is 18.9. The number of carbonyl (C=O) groups is 2. The van der Waals surface area contributed by atoms with Gasteiger partial charge in [0.05, 0.1) is 17.3 Å². The van der Waals surface area contributed by atoms with Crippen LogP contribution in [0.25, 0.3) is 16.8 Å². The van der Waals surface area contributed by atoms with Crippen LogP contribution in [-0.4, -0.2) is 50.0 Å². The average molecular weight is 390 g/mol. The van der Waals surface area contributed by atoms with Gasteiger partial charge in [-0.05, 0) is 43.0 Å². The Morgan fingerprint density at radius 3 is 2.41 bits per heavy atom. The Labute approximate surface area is 168 Å². The van der Waals surface area contributed by atoms with Gasteiger partial charge in [0.1, 0.15) is 0 Å². The predicted molar refractivity (Wildman–Crippen MR) is 108 cm³/mol. The third-order valence-corrected chi connectivity index (χ3v) is 5.37. The molecule has 1 amide bonds. The number of hydrogen-bond acceptors (Lipinski definition) is 4. The van der Waals surface area contributed by atoms with Gasteiger partial charge in [0.15, 0.2) is 5.69 Å². The predicted octanol–water partition coefficient (Wildman–Crippen LogP) is 3.18. The first-order chi connectivity index (χ1) is 14.0. The molecule has 3 aromatic rings. The van der Waals surface area contributed by atoms with E-state index in [2.05, 4.69) is 22.4 Å². The van der Waals surface area contributed by atoms with Gasteiger partial charge < -0.3 is 10.0 Å². The van der Waals surface area contributed by atoms with Crippen molar-refractivity contribution in [2.24, 2.45) is 5.92 Å². The van der Waals surface area contributed by atoms with E-state index in [-0.39, 0.29) is 18.1 Å². The van der Waals surface area contributed by atoms with Crippen LogP contribution in [0, 0.1) is 12.8 Å². The fraction of sp³-hybridized carbons (Fsp3) is 0.273. The number of nitrogens with zero attached hydrogens (tertiary/aromatic N) is 4. The lowest BCUT2D eigenvalue weighted by molar-refractivity contribution is -0.143. The van der Waals surface area contributed by atoms with Crippen LogP contribution in [0.15, 0.2) is 54.6 Å². The van der Waals surface area contributed by atoms with Crippen LogP contribution in [0.2, 0.25) is 0 Å². The smallest absolute Gasteiger partial charge is 0.308 e. The Balaban J connectivity index is 1.55. The number of amides is 1. The molecule has 148 valence electrons. The highest BCUT2D eigenvalue weighted by molar-refractivity contribution is 5.93. The molecular weight excluding hydrogens is 368 g/mol. The maximum Gasteiger partial charge on any atom is 0.308 e. The van der Waals surface area contributed by atoms with Gasteiger partial charge in [-0.1, -0.05) is 47.7 Å². The molecule has 2 aromatic carbocycles. The molecule has 1 aliphatic heterocycles. The van der Waals surface area contributed by atoms with Crippen molar-refractivity contribution in [2.75, 3.05) is 13.1 Å². The van der Waals surface area contributed by atoms with Gasteiger partial charge in [-0.25, -0.2) is 4.68 Å². The van der Waals surface area contributed by atoms with Crippen molar-refractivity contribution in [3.8, 4) is 16.8 Å². The Morgan fingerprint density at radius 2 is 1.72 bits per heavy atom. The van der Waals surface area contributed by atoms with Crippen molar-refractivity contribution in [3.63, 3.8) is 0 Å². The zero-order chi connectivity index (χ0) is 20.4. The third kappa shape index (κ3) is 3.76. The molecule has 1 atom stereocenters. The molecule has 7 heteroatoms. The van der Waals surface area contributed by atoms with E-state index in [0.717, 1.165) is 16.8 Å². The minimum Gasteiger partial charge on any atom is -0.481 e. The minimum absolute atomic E-state index is 0.215. The van der Waals surface area contributed by atoms with Gasteiger partial charge >= 0.3 is 5.97 Å². The highest BCUT2D eigenvalue weighted by Crippen LogP contribution is 2.23. The second-order valence-corrected chi connectivity index (χ2v) is 7.28. The van der Waals surface area contributed by atoms with Crippen LogP contribution in [0.4, 0.5) is 0 Å². The number of carbonyl (C=O) groups excluding carboxylic acids is 1. The van der Waals surface area contributed by atoms with E-state index in [1.165, 1.54) is 0 Å². The molecule has 4 rings (SSSR count). The summed E-state index contributed by atoms with van der Waals surface area (Å²) in [4.78, 5) is 25.7. The normalized spacial score (nSPS) is 16.6. The van der Waals surface area contributed by atoms with Crippen LogP contribution in [0.3, 0.4) is 0 Å². The minimum atomic E-state index is -0.860. The van der Waals surface area contributed by atoms with E-state index >= 15 is 0 Å². The molecule has 1 aliphatic rings. The van der Waals surface area contributed by atoms with E-state index in [4.69, 9.17) is 0 Å². The molecule has 2 heterocycles. The van der Waals surface area contributed by atoms with Crippen molar-refractivity contribution >= 4 is 11.9 Å². The third-order valence-electron chi connectivity index (χ3n) is 5.37. The Hall–Kier alpha value is -3.48. The number of likely N-dealkylation sites (tertiary alicyclic amines) is 1. The molecule has 1 aromatic heterocycles. The summed E-state index contributed by atoms with van der Waals surface area (Å²) in [7, 11) is 0. The lowest BCUT2D eigenvalue weighted by Crippen LogP contribution is -2.42. The van der Waals surface area contributed by atoms with Crippen LogP contribution in [0.1, 0.15) is 29.0 Å². The number of carboxylic acids is 1. The summed E-state index contributed by atoms with van der Waals surface area (Å²) in [5.74, 6) is -1.64. The zero-order valence-electron chi connectivity index (χ0n) is 16.2. The van der Waals surface area contributed by atoms with Crippen molar-refractivity contribution in [1.82, 2.24) is 19.9 Å². The molecule has 1 saturated heterocycles. The molecule has 0 saturated carbocycles. The molecule has 29 heavy (non-hydrogen) atoms. The molecule has 7 nitrogen and oxygen atoms in total. The average Bonchev–Trinajstić information content (AvgIpc) is 3.15. The van der Waals surface area contributed by atoms with Crippen molar-refractivity contribution in [2.45, 2.75) is 19.8 Å². The molecule has 1 fully saturated rings. The lowest BCUT2D eigenvalue weighted by atomic mass is 9.98. The molecule has 0 radical (unpaired) electrons. The Morgan fingerprint density at radius 1 is 1.03 bits per heavy atom. The van der Waals surface area contributed by atoms with Crippen LogP contribution in [-0.2, 0) is 4.79 Å². The number of rotatable bonds is 4. The number of aliphatic carboxylic acids is 1. The first-order valence-electron chi connectivity index (χ1n) is 9.65. The largest absolute Gasteiger partial charge is 0.481 e. The fourth-order valence-electron chi connectivity index (χ4n) is 3.71. The number of hydrogen-bond donors (Lipinski definition) is 1. The molecule has 0 unspecified atom stereocenters. The van der Waals surface area contributed by atoms with Gasteiger partial charge in [-0.2, -0.15) is 0 Å². The van der Waals surface area contributed by atoms with Crippen molar-refractivity contribution < 1.29 is 14.7 Å². The summed E-state index contributed by atoms with van der Waals surface area (Å²) in [5.41, 5.74) is 3.94. The number of carboxylic acid groups (broad SMARTS) is 1. The maximum absolute atomic E-state index is 12.9. The molecule has 0 aliphatic carbocycles. The van der Waals surface area contributed by atoms with Crippen molar-refractivity contribution in [1.29, 1.82) is 0 Å². The molecular formula is C22H22N4O3. The lowest BCUT2D eigenvalue weighted by Gasteiger charge is -2.30. The van der Waals surface area contributed by atoms with Crippen LogP contribution in [0.5, 0.6) is 0 Å². The fourth-order valence-corrected chi connectivity index (χ4v) is 3.71. The summed E-state index contributed by atoms with van der Waals surface area (Å²) in [6.45, 7) is 2.56. The van der Waals surface area contributed by atoms with Crippen LogP contribution < -0.4 is 0 Å². The van der Waals surface area contributed by atoms with Gasteiger partial charge in [-0.15, -0.1) is 5.10 Å². The van der Waals surface area contributed by atoms with Gasteiger partial charge in [0.2, 0.25) is 0 Å². The number of benzene rings is 2. The first-order valence-corrected chi connectivity index (χ1v) is 9.65. The van der Waals surface area contributed by atoms with Gasteiger partial charge in [-0.3, -0.25) is 9.59 Å². The summed E-state index contributed by atoms with van der Waals surface area (Å²) >= 11 is 0. The quantitative estimate of drug-likeness (QED) is 0.739. The van der Waals surface area contributed by atoms with E-state index in [9.17, 15) is 14.7 Å². The molecule has 0 spiro atoms. The second-order valence-electron chi connectivity index (χ2n) is 7.28. The number of piperidine rings is 1. The van der Waals surface area contributed by atoms with Crippen LogP contribution >= 0.6 is 0 Å². The van der Waals surface area contributed by atoms with E-state index < -0.39 is 11.9 Å². The Bertz CT molecular complexity index is 1030. The summed E-state index contributed by atoms with van der Waals surface area (Å²) in [6.07, 6.45) is 1.27. The monoisotopic (exact) mass is 390 g/mol. The highest BCUT2D eigenvalue weighted by atomic mass is 16.4. The molecule has 1 N–H and O–H groups in total. The summed E-state index contributed by atoms with van der Waals surface area (Å²) in [5, 5.41) is 17.5. The standard InChI is InChI=1S/C22H22N4O3/c1-15-20(21(27)25-13-5-8-18(14-25)22(28)29)23-24-26(15)19-11-9-17(10-12-19)16-6-3-2-4-7-16/h2-4,6-7,9-12,18H,5,8,13-14H2,1H3,(H,28,29)/t18-/m0/s1. The number of aromatic nitrogens is 3. The van der Waals surface area contributed by atoms with E-state index in [0.29, 0.717) is 25.1 Å². The highest BCUT2D eigenvalue weighted by Gasteiger charge is 2.31. The maximum atomic E-state index is 12.9. The van der Waals surface area contributed by atoms with Gasteiger partial charge in [0.25, 0.3) is 5.91 Å². The van der Waals surface area contributed by atoms with Gasteiger partial charge in [0, 0.05) is 13.1 Å². The SMILES string of the molecule is Cc1c(C(=O)N2CCC[C@H](C(=O)O)C2)nnn1-c1ccc(-c2ccccc2)cc1. The van der Waals surface area contributed by atoms with Crippen molar-refractivity contribution in [3.05, 3.63) is 66.0 Å². The zero-order valence-corrected chi connectivity index (χ0v) is 16.2. The summed E-state index contributed by atoms with van der Waals surface area (Å²) < 4.78 is 1.64. The summed E-state index contributed by atoms with van der Waals surface area (Å²) in [6, 6.07) is 18.0. The second kappa shape index (κ2) is 7.87. The van der Waals surface area contributed by atoms with E-state index in [1.807, 2.05) is 42.5 Å². The van der Waals surface area contributed by atoms with E-state index in [1.54, 1.807) is 16.5 Å². The molecule has 0 bridgehead atoms.